The number of carbonyl (C=O) groups excluding carboxylic acids is 2. The molecule has 0 spiro atoms. The summed E-state index contributed by atoms with van der Waals surface area (Å²) >= 11 is 0. The average Bonchev–Trinajstić information content (AvgIpc) is 2.12. The molecule has 18 heavy (non-hydrogen) atoms. The number of hydrogen-bond donors (Lipinski definition) is 0. The van der Waals surface area contributed by atoms with Gasteiger partial charge in [0.15, 0.2) is 0 Å². The third kappa shape index (κ3) is 20.1. The van der Waals surface area contributed by atoms with Gasteiger partial charge in [-0.2, -0.15) is 4.89 Å². The van der Waals surface area contributed by atoms with Gasteiger partial charge < -0.3 is 4.74 Å². The lowest BCUT2D eigenvalue weighted by atomic mass is 10.2. The third-order valence-electron chi connectivity index (χ3n) is 0.982. The lowest BCUT2D eigenvalue weighted by molar-refractivity contribution is -0.318. The zero-order valence-corrected chi connectivity index (χ0v) is 12.3. The molecule has 0 bridgehead atoms. The Bertz CT molecular complexity index is 281. The molecule has 0 saturated heterocycles. The first-order valence-electron chi connectivity index (χ1n) is 5.59. The number of ether oxygens (including phenoxy) is 1. The van der Waals surface area contributed by atoms with Gasteiger partial charge in [-0.15, -0.1) is 0 Å². The van der Waals surface area contributed by atoms with E-state index in [1.807, 2.05) is 20.8 Å². The lowest BCUT2D eigenvalue weighted by Gasteiger charge is -2.17. The van der Waals surface area contributed by atoms with Crippen molar-refractivity contribution in [2.24, 2.45) is 0 Å². The highest BCUT2D eigenvalue weighted by molar-refractivity contribution is 5.81. The Morgan fingerprint density at radius 1 is 1.00 bits per heavy atom. The van der Waals surface area contributed by atoms with Crippen LogP contribution < -0.4 is 0 Å². The van der Waals surface area contributed by atoms with Crippen molar-refractivity contribution in [2.75, 3.05) is 0 Å². The first-order chi connectivity index (χ1) is 7.87. The van der Waals surface area contributed by atoms with Crippen molar-refractivity contribution in [1.29, 1.82) is 0 Å². The fourth-order valence-electron chi connectivity index (χ4n) is 0.527. The maximum atomic E-state index is 10.5. The summed E-state index contributed by atoms with van der Waals surface area (Å²) in [7, 11) is 0. The van der Waals surface area contributed by atoms with Crippen LogP contribution in [0.25, 0.3) is 0 Å². The molecule has 0 aliphatic rings. The Morgan fingerprint density at radius 3 is 1.56 bits per heavy atom. The van der Waals surface area contributed by atoms with Gasteiger partial charge in [-0.1, -0.05) is 6.58 Å². The minimum atomic E-state index is -0.426. The van der Waals surface area contributed by atoms with Crippen molar-refractivity contribution < 1.29 is 24.1 Å². The molecule has 0 fully saturated rings. The molecule has 0 aromatic heterocycles. The molecule has 0 saturated carbocycles. The van der Waals surface area contributed by atoms with Crippen LogP contribution in [0.15, 0.2) is 12.7 Å². The molecular formula is C13H24O5. The van der Waals surface area contributed by atoms with Gasteiger partial charge in [0.25, 0.3) is 0 Å². The Labute approximate surface area is 109 Å². The van der Waals surface area contributed by atoms with Crippen LogP contribution in [0.2, 0.25) is 0 Å². The Kier molecular flexibility index (Phi) is 8.30. The molecule has 0 rings (SSSR count). The van der Waals surface area contributed by atoms with Crippen LogP contribution in [-0.2, 0) is 24.1 Å². The van der Waals surface area contributed by atoms with E-state index in [-0.39, 0.29) is 5.97 Å². The van der Waals surface area contributed by atoms with Gasteiger partial charge in [-0.3, -0.25) is 4.89 Å². The van der Waals surface area contributed by atoms with Gasteiger partial charge in [0.1, 0.15) is 11.2 Å². The molecule has 0 amide bonds. The highest BCUT2D eigenvalue weighted by Gasteiger charge is 2.13. The maximum Gasteiger partial charge on any atom is 0.339 e. The first-order valence-corrected chi connectivity index (χ1v) is 5.59. The molecule has 5 heteroatoms. The lowest BCUT2D eigenvalue weighted by Crippen LogP contribution is -2.22. The van der Waals surface area contributed by atoms with Crippen molar-refractivity contribution in [3.8, 4) is 0 Å². The predicted molar refractivity (Wildman–Crippen MR) is 68.6 cm³/mol. The highest BCUT2D eigenvalue weighted by atomic mass is 17.2. The van der Waals surface area contributed by atoms with E-state index in [9.17, 15) is 9.59 Å². The second kappa shape index (κ2) is 7.87. The van der Waals surface area contributed by atoms with Crippen LogP contribution in [0, 0.1) is 0 Å². The minimum Gasteiger partial charge on any atom is -0.457 e. The smallest absolute Gasteiger partial charge is 0.339 e. The highest BCUT2D eigenvalue weighted by Crippen LogP contribution is 2.06. The molecular weight excluding hydrogens is 236 g/mol. The quantitative estimate of drug-likeness (QED) is 0.330. The van der Waals surface area contributed by atoms with E-state index < -0.39 is 17.2 Å². The molecule has 0 aromatic carbocycles. The summed E-state index contributed by atoms with van der Waals surface area (Å²) in [5, 5.41) is 0. The number of hydrogen-bond acceptors (Lipinski definition) is 5. The molecule has 0 aliphatic heterocycles. The third-order valence-corrected chi connectivity index (χ3v) is 0.982. The summed E-state index contributed by atoms with van der Waals surface area (Å²) < 4.78 is 4.83. The molecule has 106 valence electrons. The van der Waals surface area contributed by atoms with Crippen molar-refractivity contribution in [3.05, 3.63) is 12.7 Å². The van der Waals surface area contributed by atoms with E-state index in [2.05, 4.69) is 16.4 Å². The minimum absolute atomic E-state index is 0.373. The summed E-state index contributed by atoms with van der Waals surface area (Å²) in [6.45, 7) is 15.4. The van der Waals surface area contributed by atoms with E-state index >= 15 is 0 Å². The van der Waals surface area contributed by atoms with Crippen LogP contribution in [0.5, 0.6) is 0 Å². The monoisotopic (exact) mass is 260 g/mol. The number of esters is 1. The normalized spacial score (nSPS) is 10.8. The number of carbonyl (C=O) groups is 2. The topological polar surface area (TPSA) is 61.8 Å². The van der Waals surface area contributed by atoms with E-state index in [1.165, 1.54) is 6.92 Å². The van der Waals surface area contributed by atoms with E-state index in [0.717, 1.165) is 6.08 Å². The van der Waals surface area contributed by atoms with Crippen molar-refractivity contribution >= 4 is 11.9 Å². The van der Waals surface area contributed by atoms with Crippen molar-refractivity contribution in [2.45, 2.75) is 59.7 Å². The van der Waals surface area contributed by atoms with Crippen LogP contribution in [0.3, 0.4) is 0 Å². The predicted octanol–water partition coefficient (Wildman–Crippen LogP) is 2.79. The van der Waals surface area contributed by atoms with Gasteiger partial charge in [0.2, 0.25) is 0 Å². The van der Waals surface area contributed by atoms with Crippen molar-refractivity contribution in [3.63, 3.8) is 0 Å². The molecule has 5 nitrogen and oxygen atoms in total. The molecule has 0 unspecified atom stereocenters. The SMILES string of the molecule is C=CC(=O)OC(C)(C)C.CC(=O)OOC(C)(C)C. The maximum absolute atomic E-state index is 10.5. The van der Waals surface area contributed by atoms with E-state index in [1.54, 1.807) is 20.8 Å². The zero-order valence-electron chi connectivity index (χ0n) is 12.3. The fraction of sp³-hybridized carbons (Fsp3) is 0.692. The van der Waals surface area contributed by atoms with Crippen LogP contribution in [-0.4, -0.2) is 23.1 Å². The van der Waals surface area contributed by atoms with E-state index in [4.69, 9.17) is 4.74 Å². The summed E-state index contributed by atoms with van der Waals surface area (Å²) in [6, 6.07) is 0. The second-order valence-corrected chi connectivity index (χ2v) is 5.51. The molecule has 0 aliphatic carbocycles. The Hall–Kier alpha value is -1.36. The molecule has 0 atom stereocenters. The van der Waals surface area contributed by atoms with Gasteiger partial charge in [0, 0.05) is 13.0 Å². The Balaban J connectivity index is 0. The standard InChI is InChI=1S/C7H12O2.C6H12O3/c1-5-6(8)9-7(2,3)4;1-5(7)8-9-6(2,3)4/h5H,1H2,2-4H3;1-4H3. The molecule has 0 radical (unpaired) electrons. The van der Waals surface area contributed by atoms with Gasteiger partial charge in [-0.05, 0) is 41.5 Å². The molecule has 0 N–H and O–H groups in total. The average molecular weight is 260 g/mol. The molecule has 0 heterocycles. The van der Waals surface area contributed by atoms with E-state index in [0.29, 0.717) is 0 Å². The fourth-order valence-corrected chi connectivity index (χ4v) is 0.527. The van der Waals surface area contributed by atoms with Crippen molar-refractivity contribution in [1.82, 2.24) is 0 Å². The summed E-state index contributed by atoms with van der Waals surface area (Å²) in [5.41, 5.74) is -0.809. The second-order valence-electron chi connectivity index (χ2n) is 5.51. The first kappa shape index (κ1) is 19.0. The van der Waals surface area contributed by atoms with Crippen LogP contribution in [0.1, 0.15) is 48.5 Å². The Morgan fingerprint density at radius 2 is 1.44 bits per heavy atom. The summed E-state index contributed by atoms with van der Waals surface area (Å²) in [5.74, 6) is -0.799. The summed E-state index contributed by atoms with van der Waals surface area (Å²) in [6.07, 6.45) is 1.16. The largest absolute Gasteiger partial charge is 0.457 e. The van der Waals surface area contributed by atoms with Gasteiger partial charge >= 0.3 is 11.9 Å². The van der Waals surface area contributed by atoms with Crippen LogP contribution in [0.4, 0.5) is 0 Å². The molecule has 0 aromatic rings. The van der Waals surface area contributed by atoms with Gasteiger partial charge in [0.05, 0.1) is 0 Å². The van der Waals surface area contributed by atoms with Crippen LogP contribution >= 0.6 is 0 Å². The van der Waals surface area contributed by atoms with Gasteiger partial charge in [-0.25, -0.2) is 9.59 Å². The zero-order chi connectivity index (χ0) is 15.0. The summed E-state index contributed by atoms with van der Waals surface area (Å²) in [4.78, 5) is 29.5. The number of rotatable bonds is 2.